The van der Waals surface area contributed by atoms with Gasteiger partial charge in [-0.2, -0.15) is 0 Å². The number of nitrogens with zero attached hydrogens (tertiary/aromatic N) is 2. The summed E-state index contributed by atoms with van der Waals surface area (Å²) in [6.07, 6.45) is 2.26. The van der Waals surface area contributed by atoms with Crippen molar-refractivity contribution >= 4 is 17.6 Å². The van der Waals surface area contributed by atoms with E-state index < -0.39 is 0 Å². The first-order valence-corrected chi connectivity index (χ1v) is 5.02. The van der Waals surface area contributed by atoms with E-state index in [1.807, 2.05) is 24.4 Å². The van der Waals surface area contributed by atoms with Gasteiger partial charge in [0, 0.05) is 6.20 Å². The van der Waals surface area contributed by atoms with Crippen LogP contribution in [0.5, 0.6) is 0 Å². The summed E-state index contributed by atoms with van der Waals surface area (Å²) >= 11 is 1.62. The van der Waals surface area contributed by atoms with Gasteiger partial charge in [-0.05, 0) is 30.0 Å². The van der Waals surface area contributed by atoms with E-state index in [-0.39, 0.29) is 5.82 Å². The van der Waals surface area contributed by atoms with E-state index in [4.69, 9.17) is 0 Å². The number of thiophene rings is 1. The fourth-order valence-electron chi connectivity index (χ4n) is 1.19. The molecule has 0 aliphatic rings. The summed E-state index contributed by atoms with van der Waals surface area (Å²) in [5, 5.41) is 2.01. The second kappa shape index (κ2) is 3.67. The van der Waals surface area contributed by atoms with Crippen molar-refractivity contribution in [1.82, 2.24) is 9.97 Å². The maximum atomic E-state index is 10.5. The topological polar surface area (TPSA) is 42.9 Å². The normalized spacial score (nSPS) is 10.1. The van der Waals surface area contributed by atoms with Crippen molar-refractivity contribution in [3.63, 3.8) is 0 Å². The standard InChI is InChI=1S/C10H8N2OS/c1-7-3-5-14-10(7)8-2-4-11-9(6-13)12-8/h2-6H,1H3. The molecule has 0 atom stereocenters. The zero-order chi connectivity index (χ0) is 9.97. The molecule has 2 heterocycles. The molecule has 0 amide bonds. The highest BCUT2D eigenvalue weighted by molar-refractivity contribution is 7.13. The molecule has 0 unspecified atom stereocenters. The predicted molar refractivity (Wildman–Crippen MR) is 55.5 cm³/mol. The molecule has 2 aromatic heterocycles. The average Bonchev–Trinajstić information content (AvgIpc) is 2.65. The quantitative estimate of drug-likeness (QED) is 0.705. The molecule has 0 fully saturated rings. The zero-order valence-electron chi connectivity index (χ0n) is 7.60. The van der Waals surface area contributed by atoms with Gasteiger partial charge in [-0.25, -0.2) is 9.97 Å². The summed E-state index contributed by atoms with van der Waals surface area (Å²) in [5.41, 5.74) is 1.99. The summed E-state index contributed by atoms with van der Waals surface area (Å²) in [6.45, 7) is 2.02. The second-order valence-electron chi connectivity index (χ2n) is 2.85. The highest BCUT2D eigenvalue weighted by atomic mass is 32.1. The van der Waals surface area contributed by atoms with E-state index in [0.717, 1.165) is 10.6 Å². The Morgan fingerprint density at radius 3 is 2.93 bits per heavy atom. The maximum Gasteiger partial charge on any atom is 0.193 e. The van der Waals surface area contributed by atoms with E-state index in [1.54, 1.807) is 17.5 Å². The van der Waals surface area contributed by atoms with Gasteiger partial charge in [0.25, 0.3) is 0 Å². The van der Waals surface area contributed by atoms with Crippen molar-refractivity contribution in [2.24, 2.45) is 0 Å². The van der Waals surface area contributed by atoms with Crippen molar-refractivity contribution in [3.05, 3.63) is 35.1 Å². The number of rotatable bonds is 2. The van der Waals surface area contributed by atoms with Crippen LogP contribution in [-0.4, -0.2) is 16.3 Å². The summed E-state index contributed by atoms with van der Waals surface area (Å²) in [6, 6.07) is 3.84. The largest absolute Gasteiger partial charge is 0.294 e. The molecule has 4 heteroatoms. The van der Waals surface area contributed by atoms with Gasteiger partial charge in [0.15, 0.2) is 12.1 Å². The number of carbonyl (C=O) groups excluding carboxylic acids is 1. The van der Waals surface area contributed by atoms with Gasteiger partial charge in [-0.3, -0.25) is 4.79 Å². The van der Waals surface area contributed by atoms with Crippen molar-refractivity contribution in [2.45, 2.75) is 6.92 Å². The van der Waals surface area contributed by atoms with Crippen molar-refractivity contribution < 1.29 is 4.79 Å². The van der Waals surface area contributed by atoms with E-state index >= 15 is 0 Å². The Bertz CT molecular complexity index is 465. The fourth-order valence-corrected chi connectivity index (χ4v) is 2.09. The second-order valence-corrected chi connectivity index (χ2v) is 3.77. The number of hydrogen-bond acceptors (Lipinski definition) is 4. The van der Waals surface area contributed by atoms with Crippen LogP contribution in [-0.2, 0) is 0 Å². The Morgan fingerprint density at radius 1 is 1.43 bits per heavy atom. The predicted octanol–water partition coefficient (Wildman–Crippen LogP) is 2.33. The van der Waals surface area contributed by atoms with Gasteiger partial charge in [0.1, 0.15) is 0 Å². The highest BCUT2D eigenvalue weighted by Crippen LogP contribution is 2.26. The van der Waals surface area contributed by atoms with Gasteiger partial charge in [-0.15, -0.1) is 11.3 Å². The molecule has 0 N–H and O–H groups in total. The molecule has 2 aromatic rings. The van der Waals surface area contributed by atoms with Crippen LogP contribution in [0.1, 0.15) is 16.2 Å². The lowest BCUT2D eigenvalue weighted by molar-refractivity contribution is 0.111. The highest BCUT2D eigenvalue weighted by Gasteiger charge is 2.05. The van der Waals surface area contributed by atoms with E-state index in [0.29, 0.717) is 6.29 Å². The molecule has 14 heavy (non-hydrogen) atoms. The van der Waals surface area contributed by atoms with E-state index in [1.165, 1.54) is 5.56 Å². The molecular formula is C10H8N2OS. The number of aryl methyl sites for hydroxylation is 1. The van der Waals surface area contributed by atoms with Crippen LogP contribution in [0.2, 0.25) is 0 Å². The average molecular weight is 204 g/mol. The molecule has 3 nitrogen and oxygen atoms in total. The van der Waals surface area contributed by atoms with Crippen molar-refractivity contribution in [1.29, 1.82) is 0 Å². The molecule has 0 aliphatic heterocycles. The minimum atomic E-state index is 0.232. The van der Waals surface area contributed by atoms with Crippen LogP contribution in [0, 0.1) is 6.92 Å². The van der Waals surface area contributed by atoms with E-state index in [2.05, 4.69) is 9.97 Å². The van der Waals surface area contributed by atoms with Gasteiger partial charge in [0.05, 0.1) is 10.6 Å². The summed E-state index contributed by atoms with van der Waals surface area (Å²) in [5.74, 6) is 0.232. The number of carbonyl (C=O) groups is 1. The third kappa shape index (κ3) is 1.56. The molecule has 0 saturated carbocycles. The monoisotopic (exact) mass is 204 g/mol. The van der Waals surface area contributed by atoms with Gasteiger partial charge < -0.3 is 0 Å². The zero-order valence-corrected chi connectivity index (χ0v) is 8.41. The van der Waals surface area contributed by atoms with Crippen LogP contribution in [0.4, 0.5) is 0 Å². The third-order valence-electron chi connectivity index (χ3n) is 1.87. The summed E-state index contributed by atoms with van der Waals surface area (Å²) in [4.78, 5) is 19.5. The third-order valence-corrected chi connectivity index (χ3v) is 2.91. The molecule has 0 aromatic carbocycles. The molecule has 0 aliphatic carbocycles. The molecule has 2 rings (SSSR count). The minimum Gasteiger partial charge on any atom is -0.294 e. The molecular weight excluding hydrogens is 196 g/mol. The lowest BCUT2D eigenvalue weighted by atomic mass is 10.2. The van der Waals surface area contributed by atoms with Crippen molar-refractivity contribution in [2.75, 3.05) is 0 Å². The SMILES string of the molecule is Cc1ccsc1-c1ccnc(C=O)n1. The lowest BCUT2D eigenvalue weighted by Gasteiger charge is -1.98. The van der Waals surface area contributed by atoms with Gasteiger partial charge >= 0.3 is 0 Å². The van der Waals surface area contributed by atoms with Crippen LogP contribution in [0.25, 0.3) is 10.6 Å². The number of aromatic nitrogens is 2. The Balaban J connectivity index is 2.52. The van der Waals surface area contributed by atoms with Crippen molar-refractivity contribution in [3.8, 4) is 10.6 Å². The van der Waals surface area contributed by atoms with Crippen LogP contribution in [0.3, 0.4) is 0 Å². The first-order valence-electron chi connectivity index (χ1n) is 4.14. The summed E-state index contributed by atoms with van der Waals surface area (Å²) in [7, 11) is 0. The fraction of sp³-hybridized carbons (Fsp3) is 0.100. The smallest absolute Gasteiger partial charge is 0.193 e. The van der Waals surface area contributed by atoms with Crippen LogP contribution in [0.15, 0.2) is 23.7 Å². The molecule has 0 spiro atoms. The number of aldehydes is 1. The molecule has 0 radical (unpaired) electrons. The first-order chi connectivity index (χ1) is 6.81. The maximum absolute atomic E-state index is 10.5. The first kappa shape index (κ1) is 9.02. The Labute approximate surface area is 85.5 Å². The van der Waals surface area contributed by atoms with Crippen LogP contribution >= 0.6 is 11.3 Å². The van der Waals surface area contributed by atoms with Crippen LogP contribution < -0.4 is 0 Å². The van der Waals surface area contributed by atoms with Gasteiger partial charge in [-0.1, -0.05) is 0 Å². The minimum absolute atomic E-state index is 0.232. The molecule has 0 bridgehead atoms. The Kier molecular flexibility index (Phi) is 2.37. The molecule has 70 valence electrons. The lowest BCUT2D eigenvalue weighted by Crippen LogP contribution is -1.93. The van der Waals surface area contributed by atoms with E-state index in [9.17, 15) is 4.79 Å². The van der Waals surface area contributed by atoms with Gasteiger partial charge in [0.2, 0.25) is 0 Å². The summed E-state index contributed by atoms with van der Waals surface area (Å²) < 4.78 is 0. The Morgan fingerprint density at radius 2 is 2.29 bits per heavy atom. The number of hydrogen-bond donors (Lipinski definition) is 0. The molecule has 0 saturated heterocycles. The Hall–Kier alpha value is -1.55.